The van der Waals surface area contributed by atoms with Crippen molar-refractivity contribution in [2.24, 2.45) is 5.14 Å². The van der Waals surface area contributed by atoms with Crippen molar-refractivity contribution in [1.29, 1.82) is 0 Å². The van der Waals surface area contributed by atoms with E-state index in [1.54, 1.807) is 18.5 Å². The molecule has 1 aromatic heterocycles. The molecule has 172 valence electrons. The Hall–Kier alpha value is -2.61. The van der Waals surface area contributed by atoms with Gasteiger partial charge in [0.2, 0.25) is 16.0 Å². The van der Waals surface area contributed by atoms with Crippen LogP contribution in [-0.2, 0) is 20.0 Å². The minimum absolute atomic E-state index is 0.0309. The molecule has 0 atom stereocenters. The van der Waals surface area contributed by atoms with Crippen LogP contribution in [0.2, 0.25) is 0 Å². The van der Waals surface area contributed by atoms with Crippen LogP contribution in [-0.4, -0.2) is 81.2 Å². The third kappa shape index (κ3) is 4.46. The van der Waals surface area contributed by atoms with Gasteiger partial charge in [-0.1, -0.05) is 0 Å². The number of nitrogens with zero attached hydrogens (tertiary/aromatic N) is 5. The molecule has 2 N–H and O–H groups in total. The molecule has 2 aliphatic heterocycles. The SMILES string of the molecule is NS(=O)(=O)c1ccc2c(c1)S(=O)(=O)N(CCCCN1CCN(c3ncccn3)CC1)C2=O. The van der Waals surface area contributed by atoms with E-state index in [2.05, 4.69) is 19.8 Å². The van der Waals surface area contributed by atoms with Gasteiger partial charge in [0.15, 0.2) is 0 Å². The lowest BCUT2D eigenvalue weighted by atomic mass is 10.2. The first-order valence-electron chi connectivity index (χ1n) is 10.2. The number of piperazine rings is 1. The number of hydrogen-bond donors (Lipinski definition) is 1. The predicted molar refractivity (Wildman–Crippen MR) is 116 cm³/mol. The highest BCUT2D eigenvalue weighted by atomic mass is 32.2. The average molecular weight is 481 g/mol. The number of carbonyl (C=O) groups excluding carboxylic acids is 1. The Labute approximate surface area is 187 Å². The number of carbonyl (C=O) groups is 1. The molecule has 0 saturated carbocycles. The summed E-state index contributed by atoms with van der Waals surface area (Å²) in [5.41, 5.74) is -0.0309. The van der Waals surface area contributed by atoms with Gasteiger partial charge >= 0.3 is 0 Å². The van der Waals surface area contributed by atoms with Crippen molar-refractivity contribution in [2.75, 3.05) is 44.2 Å². The van der Waals surface area contributed by atoms with Crippen molar-refractivity contribution in [3.05, 3.63) is 42.2 Å². The van der Waals surface area contributed by atoms with E-state index in [0.29, 0.717) is 6.42 Å². The molecular formula is C19H24N6O5S2. The molecule has 1 aromatic carbocycles. The Morgan fingerprint density at radius 3 is 2.31 bits per heavy atom. The molecule has 1 amide bonds. The van der Waals surface area contributed by atoms with Crippen molar-refractivity contribution in [1.82, 2.24) is 19.2 Å². The monoisotopic (exact) mass is 480 g/mol. The molecule has 11 nitrogen and oxygen atoms in total. The molecular weight excluding hydrogens is 456 g/mol. The van der Waals surface area contributed by atoms with Gasteiger partial charge in [-0.05, 0) is 43.7 Å². The largest absolute Gasteiger partial charge is 0.338 e. The van der Waals surface area contributed by atoms with Crippen LogP contribution in [0.15, 0.2) is 46.5 Å². The van der Waals surface area contributed by atoms with Crippen LogP contribution in [0.3, 0.4) is 0 Å². The Kier molecular flexibility index (Phi) is 6.16. The summed E-state index contributed by atoms with van der Waals surface area (Å²) in [7, 11) is -8.17. The van der Waals surface area contributed by atoms with E-state index in [-0.39, 0.29) is 21.9 Å². The van der Waals surface area contributed by atoms with Crippen LogP contribution >= 0.6 is 0 Å². The fourth-order valence-corrected chi connectivity index (χ4v) is 6.12. The molecule has 2 aliphatic rings. The number of fused-ring (bicyclic) bond motifs is 1. The van der Waals surface area contributed by atoms with E-state index >= 15 is 0 Å². The fraction of sp³-hybridized carbons (Fsp3) is 0.421. The zero-order chi connectivity index (χ0) is 22.9. The summed E-state index contributed by atoms with van der Waals surface area (Å²) in [5.74, 6) is 0.0764. The minimum Gasteiger partial charge on any atom is -0.338 e. The van der Waals surface area contributed by atoms with Gasteiger partial charge < -0.3 is 4.90 Å². The molecule has 0 radical (unpaired) electrons. The summed E-state index contributed by atoms with van der Waals surface area (Å²) in [6.07, 6.45) is 4.66. The fourth-order valence-electron chi connectivity index (χ4n) is 3.87. The number of amides is 1. The van der Waals surface area contributed by atoms with Crippen LogP contribution in [0.4, 0.5) is 5.95 Å². The maximum Gasteiger partial charge on any atom is 0.269 e. The van der Waals surface area contributed by atoms with E-state index in [0.717, 1.165) is 61.5 Å². The third-order valence-corrected chi connectivity index (χ3v) is 8.33. The average Bonchev–Trinajstić information content (AvgIpc) is 2.97. The first kappa shape index (κ1) is 22.6. The van der Waals surface area contributed by atoms with E-state index < -0.39 is 26.0 Å². The molecule has 1 saturated heterocycles. The van der Waals surface area contributed by atoms with Gasteiger partial charge in [0, 0.05) is 45.1 Å². The number of primary sulfonamides is 1. The highest BCUT2D eigenvalue weighted by Gasteiger charge is 2.41. The summed E-state index contributed by atoms with van der Waals surface area (Å²) >= 11 is 0. The van der Waals surface area contributed by atoms with Crippen molar-refractivity contribution in [2.45, 2.75) is 22.6 Å². The summed E-state index contributed by atoms with van der Waals surface area (Å²) in [6.45, 7) is 4.14. The van der Waals surface area contributed by atoms with Gasteiger partial charge in [-0.25, -0.2) is 36.2 Å². The highest BCUT2D eigenvalue weighted by molar-refractivity contribution is 7.90. The number of rotatable bonds is 7. The van der Waals surface area contributed by atoms with Crippen LogP contribution in [0.25, 0.3) is 0 Å². The standard InChI is InChI=1S/C19H24N6O5S2/c20-31(27,28)15-4-5-16-17(14-15)32(29,30)25(18(16)26)9-2-1-8-23-10-12-24(13-11-23)19-21-6-3-7-22-19/h3-7,14H,1-2,8-13H2,(H2,20,27,28). The van der Waals surface area contributed by atoms with Gasteiger partial charge in [-0.2, -0.15) is 0 Å². The smallest absolute Gasteiger partial charge is 0.269 e. The molecule has 3 heterocycles. The normalized spacial score (nSPS) is 18.7. The molecule has 2 aromatic rings. The number of anilines is 1. The predicted octanol–water partition coefficient (Wildman–Crippen LogP) is -0.129. The van der Waals surface area contributed by atoms with E-state index in [4.69, 9.17) is 5.14 Å². The lowest BCUT2D eigenvalue weighted by Gasteiger charge is -2.34. The number of aromatic nitrogens is 2. The maximum absolute atomic E-state index is 12.8. The summed E-state index contributed by atoms with van der Waals surface area (Å²) < 4.78 is 49.5. The molecule has 0 aliphatic carbocycles. The van der Waals surface area contributed by atoms with Crippen LogP contribution in [0.5, 0.6) is 0 Å². The Balaban J connectivity index is 1.30. The Morgan fingerprint density at radius 2 is 1.66 bits per heavy atom. The summed E-state index contributed by atoms with van der Waals surface area (Å²) in [6, 6.07) is 5.08. The topological polar surface area (TPSA) is 147 Å². The molecule has 0 bridgehead atoms. The number of unbranched alkanes of at least 4 members (excludes halogenated alkanes) is 1. The minimum atomic E-state index is -4.09. The van der Waals surface area contributed by atoms with Crippen molar-refractivity contribution in [3.63, 3.8) is 0 Å². The van der Waals surface area contributed by atoms with E-state index in [1.165, 1.54) is 6.07 Å². The number of benzene rings is 1. The lowest BCUT2D eigenvalue weighted by Crippen LogP contribution is -2.47. The Morgan fingerprint density at radius 1 is 1.00 bits per heavy atom. The van der Waals surface area contributed by atoms with E-state index in [1.807, 2.05) is 0 Å². The van der Waals surface area contributed by atoms with Crippen molar-refractivity contribution >= 4 is 31.9 Å². The van der Waals surface area contributed by atoms with Crippen LogP contribution in [0, 0.1) is 0 Å². The maximum atomic E-state index is 12.8. The second kappa shape index (κ2) is 8.73. The molecule has 0 unspecified atom stereocenters. The summed E-state index contributed by atoms with van der Waals surface area (Å²) in [5, 5.41) is 5.08. The van der Waals surface area contributed by atoms with Crippen molar-refractivity contribution in [3.8, 4) is 0 Å². The van der Waals surface area contributed by atoms with E-state index in [9.17, 15) is 21.6 Å². The molecule has 1 fully saturated rings. The third-order valence-electron chi connectivity index (χ3n) is 5.60. The number of nitrogens with two attached hydrogens (primary N) is 1. The molecule has 4 rings (SSSR count). The Bertz CT molecular complexity index is 1210. The van der Waals surface area contributed by atoms with Crippen LogP contribution in [0.1, 0.15) is 23.2 Å². The first-order chi connectivity index (χ1) is 15.2. The van der Waals surface area contributed by atoms with Crippen molar-refractivity contribution < 1.29 is 21.6 Å². The van der Waals surface area contributed by atoms with Crippen LogP contribution < -0.4 is 10.0 Å². The van der Waals surface area contributed by atoms with Gasteiger partial charge in [0.05, 0.1) is 10.5 Å². The van der Waals surface area contributed by atoms with Gasteiger partial charge in [-0.15, -0.1) is 0 Å². The van der Waals surface area contributed by atoms with Gasteiger partial charge in [0.25, 0.3) is 15.9 Å². The number of hydrogen-bond acceptors (Lipinski definition) is 9. The highest BCUT2D eigenvalue weighted by Crippen LogP contribution is 2.32. The van der Waals surface area contributed by atoms with Gasteiger partial charge in [0.1, 0.15) is 4.90 Å². The zero-order valence-corrected chi connectivity index (χ0v) is 18.9. The lowest BCUT2D eigenvalue weighted by molar-refractivity contribution is 0.0868. The quantitative estimate of drug-likeness (QED) is 0.535. The second-order valence-corrected chi connectivity index (χ2v) is 11.1. The second-order valence-electron chi connectivity index (χ2n) is 7.67. The molecule has 0 spiro atoms. The summed E-state index contributed by atoms with van der Waals surface area (Å²) in [4.78, 5) is 24.9. The molecule has 13 heteroatoms. The number of sulfonamides is 2. The molecule has 32 heavy (non-hydrogen) atoms. The zero-order valence-electron chi connectivity index (χ0n) is 17.3. The first-order valence-corrected chi connectivity index (χ1v) is 13.1. The van der Waals surface area contributed by atoms with Gasteiger partial charge in [-0.3, -0.25) is 9.69 Å².